The fourth-order valence-corrected chi connectivity index (χ4v) is 4.71. The summed E-state index contributed by atoms with van der Waals surface area (Å²) in [5.41, 5.74) is 3.00. The molecule has 0 spiro atoms. The highest BCUT2D eigenvalue weighted by atomic mass is 35.5. The van der Waals surface area contributed by atoms with Gasteiger partial charge in [0, 0.05) is 29.4 Å². The number of thioether (sulfide) groups is 1. The zero-order chi connectivity index (χ0) is 25.0. The molecule has 0 saturated carbocycles. The Balaban J connectivity index is 1.88. The van der Waals surface area contributed by atoms with Crippen LogP contribution in [0.4, 0.5) is 0 Å². The lowest BCUT2D eigenvalue weighted by atomic mass is 10.0. The van der Waals surface area contributed by atoms with Crippen LogP contribution in [0.3, 0.4) is 0 Å². The smallest absolute Gasteiger partial charge is 0.243 e. The summed E-state index contributed by atoms with van der Waals surface area (Å²) in [7, 11) is 0. The molecule has 0 aliphatic heterocycles. The second-order valence-corrected chi connectivity index (χ2v) is 10.0. The van der Waals surface area contributed by atoms with Gasteiger partial charge in [-0.2, -0.15) is 0 Å². The molecule has 0 radical (unpaired) electrons. The van der Waals surface area contributed by atoms with Crippen molar-refractivity contribution in [3.8, 4) is 0 Å². The van der Waals surface area contributed by atoms with E-state index in [9.17, 15) is 9.59 Å². The molecule has 3 aromatic rings. The molecule has 0 aromatic heterocycles. The fourth-order valence-electron chi connectivity index (χ4n) is 3.73. The molecule has 3 rings (SSSR count). The van der Waals surface area contributed by atoms with Crippen LogP contribution < -0.4 is 5.32 Å². The minimum atomic E-state index is -0.642. The Morgan fingerprint density at radius 2 is 1.66 bits per heavy atom. The summed E-state index contributed by atoms with van der Waals surface area (Å²) < 4.78 is 0. The Kier molecular flexibility index (Phi) is 10.7. The largest absolute Gasteiger partial charge is 0.354 e. The van der Waals surface area contributed by atoms with E-state index in [0.29, 0.717) is 18.0 Å². The van der Waals surface area contributed by atoms with E-state index in [4.69, 9.17) is 11.6 Å². The van der Waals surface area contributed by atoms with Gasteiger partial charge < -0.3 is 10.2 Å². The molecule has 184 valence electrons. The molecule has 1 atom stereocenters. The van der Waals surface area contributed by atoms with Gasteiger partial charge in [-0.25, -0.2) is 0 Å². The summed E-state index contributed by atoms with van der Waals surface area (Å²) in [4.78, 5) is 29.8. The predicted octanol–water partition coefficient (Wildman–Crippen LogP) is 6.30. The van der Waals surface area contributed by atoms with Crippen LogP contribution >= 0.6 is 23.4 Å². The molecular weight excluding hydrogens is 476 g/mol. The second kappa shape index (κ2) is 14.0. The Hall–Kier alpha value is -2.76. The van der Waals surface area contributed by atoms with Crippen molar-refractivity contribution in [2.75, 3.05) is 12.3 Å². The minimum Gasteiger partial charge on any atom is -0.354 e. The molecule has 4 nitrogen and oxygen atoms in total. The molecule has 2 amide bonds. The number of benzene rings is 3. The third-order valence-corrected chi connectivity index (χ3v) is 7.15. The van der Waals surface area contributed by atoms with Gasteiger partial charge in [-0.15, -0.1) is 11.8 Å². The molecule has 1 N–H and O–H groups in total. The number of carbonyl (C=O) groups is 2. The van der Waals surface area contributed by atoms with Gasteiger partial charge in [0.25, 0.3) is 0 Å². The third-order valence-electron chi connectivity index (χ3n) is 5.78. The van der Waals surface area contributed by atoms with Crippen molar-refractivity contribution in [2.45, 2.75) is 50.6 Å². The molecule has 1 unspecified atom stereocenters. The Bertz CT molecular complexity index is 1090. The number of halogens is 1. The van der Waals surface area contributed by atoms with Crippen molar-refractivity contribution in [3.63, 3.8) is 0 Å². The highest BCUT2D eigenvalue weighted by Gasteiger charge is 2.30. The Labute approximate surface area is 218 Å². The second-order valence-electron chi connectivity index (χ2n) is 8.56. The van der Waals surface area contributed by atoms with Crippen LogP contribution in [0, 0.1) is 6.92 Å². The Morgan fingerprint density at radius 3 is 2.34 bits per heavy atom. The normalized spacial score (nSPS) is 11.6. The molecular formula is C29H33ClN2O2S. The van der Waals surface area contributed by atoms with Gasteiger partial charge in [0.05, 0.1) is 5.75 Å². The van der Waals surface area contributed by atoms with E-state index < -0.39 is 6.04 Å². The lowest BCUT2D eigenvalue weighted by molar-refractivity contribution is -0.139. The van der Waals surface area contributed by atoms with Crippen LogP contribution in [-0.2, 0) is 22.6 Å². The summed E-state index contributed by atoms with van der Waals surface area (Å²) in [6.45, 7) is 4.98. The number of unbranched alkanes of at least 4 members (excludes halogenated alkanes) is 1. The fraction of sp³-hybridized carbons (Fsp3) is 0.310. The van der Waals surface area contributed by atoms with Crippen molar-refractivity contribution >= 4 is 35.2 Å². The topological polar surface area (TPSA) is 49.4 Å². The van der Waals surface area contributed by atoms with Crippen molar-refractivity contribution in [1.29, 1.82) is 0 Å². The summed E-state index contributed by atoms with van der Waals surface area (Å²) in [6, 6.07) is 24.8. The molecule has 0 saturated heterocycles. The average molecular weight is 509 g/mol. The van der Waals surface area contributed by atoms with E-state index in [0.717, 1.165) is 28.9 Å². The summed E-state index contributed by atoms with van der Waals surface area (Å²) >= 11 is 7.95. The molecule has 6 heteroatoms. The molecule has 0 heterocycles. The average Bonchev–Trinajstić information content (AvgIpc) is 2.87. The van der Waals surface area contributed by atoms with E-state index >= 15 is 0 Å². The van der Waals surface area contributed by atoms with Crippen molar-refractivity contribution in [2.24, 2.45) is 0 Å². The number of hydrogen-bond donors (Lipinski definition) is 1. The summed E-state index contributed by atoms with van der Waals surface area (Å²) in [5.74, 6) is 0.00577. The van der Waals surface area contributed by atoms with E-state index in [1.54, 1.807) is 4.90 Å². The molecule has 0 aliphatic carbocycles. The van der Waals surface area contributed by atoms with Crippen LogP contribution in [0.1, 0.15) is 36.5 Å². The number of amides is 2. The van der Waals surface area contributed by atoms with Gasteiger partial charge in [-0.05, 0) is 42.7 Å². The highest BCUT2D eigenvalue weighted by molar-refractivity contribution is 8.00. The van der Waals surface area contributed by atoms with E-state index in [1.165, 1.54) is 17.3 Å². The van der Waals surface area contributed by atoms with Gasteiger partial charge in [-0.3, -0.25) is 9.59 Å². The first kappa shape index (κ1) is 26.8. The maximum Gasteiger partial charge on any atom is 0.243 e. The first-order chi connectivity index (χ1) is 17.0. The van der Waals surface area contributed by atoms with E-state index in [-0.39, 0.29) is 24.1 Å². The zero-order valence-corrected chi connectivity index (χ0v) is 21.9. The van der Waals surface area contributed by atoms with Gasteiger partial charge in [-0.1, -0.05) is 91.2 Å². The third kappa shape index (κ3) is 8.44. The van der Waals surface area contributed by atoms with Crippen molar-refractivity contribution < 1.29 is 9.59 Å². The number of hydrogen-bond acceptors (Lipinski definition) is 3. The van der Waals surface area contributed by atoms with Crippen molar-refractivity contribution in [1.82, 2.24) is 10.2 Å². The van der Waals surface area contributed by atoms with Gasteiger partial charge in [0.1, 0.15) is 6.04 Å². The van der Waals surface area contributed by atoms with Crippen LogP contribution in [-0.4, -0.2) is 35.1 Å². The van der Waals surface area contributed by atoms with Crippen LogP contribution in [0.15, 0.2) is 83.8 Å². The van der Waals surface area contributed by atoms with Gasteiger partial charge in [0.2, 0.25) is 11.8 Å². The Morgan fingerprint density at radius 1 is 0.971 bits per heavy atom. The molecule has 0 aliphatic rings. The van der Waals surface area contributed by atoms with Gasteiger partial charge in [0.15, 0.2) is 0 Å². The summed E-state index contributed by atoms with van der Waals surface area (Å²) in [5, 5.41) is 3.63. The monoisotopic (exact) mass is 508 g/mol. The number of rotatable bonds is 12. The molecule has 3 aromatic carbocycles. The van der Waals surface area contributed by atoms with Gasteiger partial charge >= 0.3 is 0 Å². The van der Waals surface area contributed by atoms with Crippen molar-refractivity contribution in [3.05, 3.63) is 101 Å². The van der Waals surface area contributed by atoms with E-state index in [1.807, 2.05) is 85.8 Å². The SMILES string of the molecule is CCCCNC(=O)C(Cc1ccccc1)N(Cc1ccccc1Cl)C(=O)CSc1ccc(C)cc1. The number of nitrogens with one attached hydrogen (secondary N) is 1. The lowest BCUT2D eigenvalue weighted by Gasteiger charge is -2.32. The number of aryl methyl sites for hydroxylation is 1. The quantitative estimate of drug-likeness (QED) is 0.231. The predicted molar refractivity (Wildman–Crippen MR) is 146 cm³/mol. The van der Waals surface area contributed by atoms with Crippen LogP contribution in [0.2, 0.25) is 5.02 Å². The number of nitrogens with zero attached hydrogens (tertiary/aromatic N) is 1. The minimum absolute atomic E-state index is 0.0953. The lowest BCUT2D eigenvalue weighted by Crippen LogP contribution is -2.51. The molecule has 0 bridgehead atoms. The highest BCUT2D eigenvalue weighted by Crippen LogP contribution is 2.23. The van der Waals surface area contributed by atoms with Crippen LogP contribution in [0.5, 0.6) is 0 Å². The maximum atomic E-state index is 13.6. The van der Waals surface area contributed by atoms with E-state index in [2.05, 4.69) is 12.2 Å². The first-order valence-electron chi connectivity index (χ1n) is 12.0. The van der Waals surface area contributed by atoms with Crippen LogP contribution in [0.25, 0.3) is 0 Å². The first-order valence-corrected chi connectivity index (χ1v) is 13.4. The number of carbonyl (C=O) groups excluding carboxylic acids is 2. The summed E-state index contributed by atoms with van der Waals surface area (Å²) in [6.07, 6.45) is 2.31. The molecule has 35 heavy (non-hydrogen) atoms. The molecule has 0 fully saturated rings. The standard InChI is InChI=1S/C29H33ClN2O2S/c1-3-4-18-31-29(34)27(19-23-10-6-5-7-11-23)32(20-24-12-8-9-13-26(24)30)28(33)21-35-25-16-14-22(2)15-17-25/h5-17,27H,3-4,18-21H2,1-2H3,(H,31,34). The zero-order valence-electron chi connectivity index (χ0n) is 20.4. The maximum absolute atomic E-state index is 13.6.